The number of rotatable bonds is 5. The first kappa shape index (κ1) is 14.1. The summed E-state index contributed by atoms with van der Waals surface area (Å²) in [5, 5.41) is 7.49. The van der Waals surface area contributed by atoms with Crippen molar-refractivity contribution in [2.24, 2.45) is 0 Å². The standard InChI is InChI=1S/C11H14N2O4S/c1-8(7-12)18(14,15)13-9-4-10(16-2)6-11(5-9)17-3/h4-6,8,13H,1-3H3. The molecule has 0 bridgehead atoms. The van der Waals surface area contributed by atoms with Crippen molar-refractivity contribution in [3.05, 3.63) is 18.2 Å². The molecule has 0 aliphatic carbocycles. The third kappa shape index (κ3) is 3.28. The highest BCUT2D eigenvalue weighted by molar-refractivity contribution is 7.93. The monoisotopic (exact) mass is 270 g/mol. The Hall–Kier alpha value is -1.94. The highest BCUT2D eigenvalue weighted by Gasteiger charge is 2.20. The second-order valence-corrected chi connectivity index (χ2v) is 5.52. The van der Waals surface area contributed by atoms with Crippen LogP contribution >= 0.6 is 0 Å². The number of ether oxygens (including phenoxy) is 2. The van der Waals surface area contributed by atoms with Crippen molar-refractivity contribution >= 4 is 15.7 Å². The maximum atomic E-state index is 11.7. The van der Waals surface area contributed by atoms with Gasteiger partial charge in [-0.1, -0.05) is 0 Å². The van der Waals surface area contributed by atoms with Crippen molar-refractivity contribution in [2.45, 2.75) is 12.2 Å². The number of nitriles is 1. The molecule has 1 N–H and O–H groups in total. The number of anilines is 1. The summed E-state index contributed by atoms with van der Waals surface area (Å²) >= 11 is 0. The minimum absolute atomic E-state index is 0.285. The van der Waals surface area contributed by atoms with E-state index in [4.69, 9.17) is 14.7 Å². The molecule has 0 aliphatic heterocycles. The van der Waals surface area contributed by atoms with Crippen LogP contribution in [-0.4, -0.2) is 27.9 Å². The number of hydrogen-bond donors (Lipinski definition) is 1. The molecule has 0 saturated carbocycles. The number of hydrogen-bond acceptors (Lipinski definition) is 5. The van der Waals surface area contributed by atoms with Crippen LogP contribution < -0.4 is 14.2 Å². The SMILES string of the molecule is COc1cc(NS(=O)(=O)C(C)C#N)cc(OC)c1. The zero-order valence-electron chi connectivity index (χ0n) is 10.3. The fourth-order valence-corrected chi connectivity index (χ4v) is 1.95. The molecule has 18 heavy (non-hydrogen) atoms. The van der Waals surface area contributed by atoms with Gasteiger partial charge >= 0.3 is 0 Å². The Labute approximate surface area is 106 Å². The van der Waals surface area contributed by atoms with Crippen LogP contribution in [-0.2, 0) is 10.0 Å². The minimum atomic E-state index is -3.74. The van der Waals surface area contributed by atoms with Crippen molar-refractivity contribution in [2.75, 3.05) is 18.9 Å². The Morgan fingerprint density at radius 1 is 1.22 bits per heavy atom. The van der Waals surface area contributed by atoms with Crippen molar-refractivity contribution < 1.29 is 17.9 Å². The average molecular weight is 270 g/mol. The van der Waals surface area contributed by atoms with Gasteiger partial charge in [-0.3, -0.25) is 4.72 Å². The zero-order chi connectivity index (χ0) is 13.8. The van der Waals surface area contributed by atoms with Crippen LogP contribution in [0.5, 0.6) is 11.5 Å². The van der Waals surface area contributed by atoms with E-state index in [0.29, 0.717) is 11.5 Å². The van der Waals surface area contributed by atoms with Crippen LogP contribution in [0.1, 0.15) is 6.92 Å². The van der Waals surface area contributed by atoms with Gasteiger partial charge in [-0.15, -0.1) is 0 Å². The third-order valence-corrected chi connectivity index (χ3v) is 3.82. The molecular weight excluding hydrogens is 256 g/mol. The predicted molar refractivity (Wildman–Crippen MR) is 67.2 cm³/mol. The third-order valence-electron chi connectivity index (χ3n) is 2.26. The van der Waals surface area contributed by atoms with Crippen molar-refractivity contribution in [1.82, 2.24) is 0 Å². The topological polar surface area (TPSA) is 88.4 Å². The van der Waals surface area contributed by atoms with Gasteiger partial charge < -0.3 is 9.47 Å². The Morgan fingerprint density at radius 2 is 1.72 bits per heavy atom. The molecule has 0 amide bonds. The van der Waals surface area contributed by atoms with E-state index in [1.165, 1.54) is 33.3 Å². The largest absolute Gasteiger partial charge is 0.497 e. The van der Waals surface area contributed by atoms with Gasteiger partial charge in [0.05, 0.1) is 26.0 Å². The molecule has 1 aromatic carbocycles. The summed E-state index contributed by atoms with van der Waals surface area (Å²) in [6.07, 6.45) is 0. The summed E-state index contributed by atoms with van der Waals surface area (Å²) in [5.41, 5.74) is 0.285. The molecule has 0 aliphatic rings. The molecular formula is C11H14N2O4S. The Bertz CT molecular complexity index is 541. The molecule has 0 spiro atoms. The van der Waals surface area contributed by atoms with Crippen molar-refractivity contribution in [3.8, 4) is 17.6 Å². The summed E-state index contributed by atoms with van der Waals surface area (Å²) in [6.45, 7) is 1.31. The second kappa shape index (κ2) is 5.60. The smallest absolute Gasteiger partial charge is 0.248 e. The lowest BCUT2D eigenvalue weighted by Gasteiger charge is -2.12. The molecule has 1 aromatic rings. The van der Waals surface area contributed by atoms with Crippen LogP contribution in [0.25, 0.3) is 0 Å². The number of benzene rings is 1. The van der Waals surface area contributed by atoms with Gasteiger partial charge in [-0.05, 0) is 6.92 Å². The molecule has 1 rings (SSSR count). The van der Waals surface area contributed by atoms with Gasteiger partial charge in [0.25, 0.3) is 0 Å². The molecule has 98 valence electrons. The lowest BCUT2D eigenvalue weighted by molar-refractivity contribution is 0.395. The quantitative estimate of drug-likeness (QED) is 0.872. The van der Waals surface area contributed by atoms with Crippen LogP contribution in [0.15, 0.2) is 18.2 Å². The first-order valence-corrected chi connectivity index (χ1v) is 6.62. The van der Waals surface area contributed by atoms with Gasteiger partial charge in [0.1, 0.15) is 11.5 Å². The Morgan fingerprint density at radius 3 is 2.11 bits per heavy atom. The van der Waals surface area contributed by atoms with E-state index in [1.54, 1.807) is 12.1 Å². The number of sulfonamides is 1. The highest BCUT2D eigenvalue weighted by atomic mass is 32.2. The first-order chi connectivity index (χ1) is 8.42. The average Bonchev–Trinajstić information content (AvgIpc) is 2.36. The van der Waals surface area contributed by atoms with Crippen LogP contribution in [0, 0.1) is 11.3 Å². The van der Waals surface area contributed by atoms with Gasteiger partial charge in [0, 0.05) is 18.2 Å². The van der Waals surface area contributed by atoms with Crippen LogP contribution in [0.2, 0.25) is 0 Å². The molecule has 1 unspecified atom stereocenters. The maximum absolute atomic E-state index is 11.7. The van der Waals surface area contributed by atoms with E-state index in [0.717, 1.165) is 0 Å². The van der Waals surface area contributed by atoms with Crippen molar-refractivity contribution in [3.63, 3.8) is 0 Å². The molecule has 0 radical (unpaired) electrons. The van der Waals surface area contributed by atoms with Gasteiger partial charge in [-0.25, -0.2) is 8.42 Å². The molecule has 1 atom stereocenters. The highest BCUT2D eigenvalue weighted by Crippen LogP contribution is 2.26. The first-order valence-electron chi connectivity index (χ1n) is 5.07. The lowest BCUT2D eigenvalue weighted by atomic mass is 10.3. The number of methoxy groups -OCH3 is 2. The fraction of sp³-hybridized carbons (Fsp3) is 0.364. The summed E-state index contributed by atoms with van der Waals surface area (Å²) < 4.78 is 35.8. The summed E-state index contributed by atoms with van der Waals surface area (Å²) in [4.78, 5) is 0. The molecule has 0 fully saturated rings. The number of nitrogens with zero attached hydrogens (tertiary/aromatic N) is 1. The minimum Gasteiger partial charge on any atom is -0.497 e. The Kier molecular flexibility index (Phi) is 4.39. The van der Waals surface area contributed by atoms with E-state index in [9.17, 15) is 8.42 Å². The van der Waals surface area contributed by atoms with Gasteiger partial charge in [-0.2, -0.15) is 5.26 Å². The number of nitrogens with one attached hydrogen (secondary N) is 1. The molecule has 0 saturated heterocycles. The summed E-state index contributed by atoms with van der Waals surface area (Å²) in [7, 11) is -0.809. The van der Waals surface area contributed by atoms with Crippen molar-refractivity contribution in [1.29, 1.82) is 5.26 Å². The molecule has 0 heterocycles. The molecule has 0 aromatic heterocycles. The fourth-order valence-electron chi connectivity index (χ4n) is 1.19. The van der Waals surface area contributed by atoms with Gasteiger partial charge in [0.15, 0.2) is 5.25 Å². The summed E-state index contributed by atoms with van der Waals surface area (Å²) in [5.74, 6) is 0.910. The van der Waals surface area contributed by atoms with E-state index in [-0.39, 0.29) is 5.69 Å². The normalized spacial score (nSPS) is 12.3. The van der Waals surface area contributed by atoms with E-state index in [2.05, 4.69) is 4.72 Å². The van der Waals surface area contributed by atoms with E-state index < -0.39 is 15.3 Å². The Balaban J connectivity index is 3.08. The maximum Gasteiger partial charge on any atom is 0.248 e. The summed E-state index contributed by atoms with van der Waals surface area (Å²) in [6, 6.07) is 6.29. The zero-order valence-corrected chi connectivity index (χ0v) is 11.1. The predicted octanol–water partition coefficient (Wildman–Crippen LogP) is 1.36. The van der Waals surface area contributed by atoms with Crippen LogP contribution in [0.3, 0.4) is 0 Å². The molecule has 7 heteroatoms. The van der Waals surface area contributed by atoms with E-state index in [1.807, 2.05) is 0 Å². The van der Waals surface area contributed by atoms with Crippen LogP contribution in [0.4, 0.5) is 5.69 Å². The second-order valence-electron chi connectivity index (χ2n) is 3.52. The van der Waals surface area contributed by atoms with Gasteiger partial charge in [0.2, 0.25) is 10.0 Å². The van der Waals surface area contributed by atoms with E-state index >= 15 is 0 Å². The lowest BCUT2D eigenvalue weighted by Crippen LogP contribution is -2.23. The molecule has 6 nitrogen and oxygen atoms in total.